The Bertz CT molecular complexity index is 521. The molecule has 18 heavy (non-hydrogen) atoms. The van der Waals surface area contributed by atoms with Crippen LogP contribution in [0, 0.1) is 5.92 Å². The summed E-state index contributed by atoms with van der Waals surface area (Å²) in [6.45, 7) is 1.60. The summed E-state index contributed by atoms with van der Waals surface area (Å²) in [5.41, 5.74) is 5.63. The normalized spacial score (nSPS) is 22.0. The molecule has 7 heteroatoms. The van der Waals surface area contributed by atoms with Crippen LogP contribution in [0.2, 0.25) is 0 Å². The van der Waals surface area contributed by atoms with Crippen molar-refractivity contribution < 1.29 is 8.42 Å². The van der Waals surface area contributed by atoms with Crippen LogP contribution in [-0.4, -0.2) is 37.3 Å². The molecule has 0 amide bonds. The van der Waals surface area contributed by atoms with E-state index in [-0.39, 0.29) is 10.8 Å². The van der Waals surface area contributed by atoms with Crippen molar-refractivity contribution in [3.63, 3.8) is 0 Å². The molecule has 2 heterocycles. The van der Waals surface area contributed by atoms with Crippen LogP contribution in [0.3, 0.4) is 0 Å². The summed E-state index contributed by atoms with van der Waals surface area (Å²) < 4.78 is 27.0. The van der Waals surface area contributed by atoms with Crippen molar-refractivity contribution >= 4 is 26.0 Å². The van der Waals surface area contributed by atoms with Crippen molar-refractivity contribution in [3.05, 3.63) is 22.9 Å². The van der Waals surface area contributed by atoms with Crippen molar-refractivity contribution in [2.24, 2.45) is 11.7 Å². The lowest BCUT2D eigenvalue weighted by Gasteiger charge is -2.31. The molecule has 0 spiro atoms. The Kier molecular flexibility index (Phi) is 4.37. The molecule has 1 fully saturated rings. The van der Waals surface area contributed by atoms with Gasteiger partial charge in [0.2, 0.25) is 10.0 Å². The van der Waals surface area contributed by atoms with Crippen molar-refractivity contribution in [1.29, 1.82) is 0 Å². The Morgan fingerprint density at radius 1 is 1.50 bits per heavy atom. The number of nitrogens with zero attached hydrogens (tertiary/aromatic N) is 2. The second-order valence-electron chi connectivity index (χ2n) is 4.45. The summed E-state index contributed by atoms with van der Waals surface area (Å²) >= 11 is 3.24. The zero-order chi connectivity index (χ0) is 13.2. The maximum absolute atomic E-state index is 12.4. The topological polar surface area (TPSA) is 76.3 Å². The van der Waals surface area contributed by atoms with Gasteiger partial charge in [0.05, 0.1) is 0 Å². The highest BCUT2D eigenvalue weighted by Gasteiger charge is 2.29. The number of hydrogen-bond donors (Lipinski definition) is 1. The summed E-state index contributed by atoms with van der Waals surface area (Å²) in [4.78, 5) is 4.14. The zero-order valence-corrected chi connectivity index (χ0v) is 12.3. The van der Waals surface area contributed by atoms with Gasteiger partial charge in [-0.1, -0.05) is 0 Å². The molecule has 0 radical (unpaired) electrons. The van der Waals surface area contributed by atoms with E-state index in [1.54, 1.807) is 12.3 Å². The summed E-state index contributed by atoms with van der Waals surface area (Å²) in [5, 5.41) is 0. The molecule has 1 aromatic rings. The number of halogens is 1. The van der Waals surface area contributed by atoms with Gasteiger partial charge in [-0.15, -0.1) is 0 Å². The molecule has 1 aromatic heterocycles. The molecule has 1 unspecified atom stereocenters. The highest BCUT2D eigenvalue weighted by molar-refractivity contribution is 9.10. The van der Waals surface area contributed by atoms with Crippen LogP contribution in [0.4, 0.5) is 0 Å². The third-order valence-electron chi connectivity index (χ3n) is 3.13. The third-order valence-corrected chi connectivity index (χ3v) is 5.40. The first-order valence-corrected chi connectivity index (χ1v) is 8.08. The van der Waals surface area contributed by atoms with Gasteiger partial charge in [-0.3, -0.25) is 4.98 Å². The predicted molar refractivity (Wildman–Crippen MR) is 72.5 cm³/mol. The van der Waals surface area contributed by atoms with Gasteiger partial charge in [0.15, 0.2) is 0 Å². The maximum atomic E-state index is 12.4. The van der Waals surface area contributed by atoms with E-state index >= 15 is 0 Å². The predicted octanol–water partition coefficient (Wildman–Crippen LogP) is 1.20. The average Bonchev–Trinajstić information content (AvgIpc) is 2.39. The van der Waals surface area contributed by atoms with Gasteiger partial charge in [-0.25, -0.2) is 8.42 Å². The van der Waals surface area contributed by atoms with E-state index in [1.165, 1.54) is 10.5 Å². The van der Waals surface area contributed by atoms with E-state index in [2.05, 4.69) is 20.9 Å². The Balaban J connectivity index is 2.25. The monoisotopic (exact) mass is 333 g/mol. The lowest BCUT2D eigenvalue weighted by Crippen LogP contribution is -2.41. The van der Waals surface area contributed by atoms with E-state index in [0.717, 1.165) is 12.8 Å². The molecular formula is C11H16BrN3O2S. The number of hydrogen-bond acceptors (Lipinski definition) is 4. The highest BCUT2D eigenvalue weighted by atomic mass is 79.9. The molecule has 1 aliphatic heterocycles. The number of aromatic nitrogens is 1. The third kappa shape index (κ3) is 2.90. The van der Waals surface area contributed by atoms with Crippen LogP contribution < -0.4 is 5.73 Å². The first kappa shape index (κ1) is 13.9. The molecule has 5 nitrogen and oxygen atoms in total. The van der Waals surface area contributed by atoms with Gasteiger partial charge in [-0.2, -0.15) is 4.31 Å². The molecule has 0 aromatic carbocycles. The molecule has 0 bridgehead atoms. The smallest absolute Gasteiger partial charge is 0.244 e. The van der Waals surface area contributed by atoms with Gasteiger partial charge in [0.1, 0.15) is 4.90 Å². The van der Waals surface area contributed by atoms with Crippen LogP contribution >= 0.6 is 15.9 Å². The lowest BCUT2D eigenvalue weighted by molar-refractivity contribution is 0.271. The van der Waals surface area contributed by atoms with E-state index < -0.39 is 10.0 Å². The van der Waals surface area contributed by atoms with E-state index in [0.29, 0.717) is 24.1 Å². The molecule has 0 aliphatic carbocycles. The highest BCUT2D eigenvalue weighted by Crippen LogP contribution is 2.24. The minimum Gasteiger partial charge on any atom is -0.330 e. The Morgan fingerprint density at radius 3 is 2.94 bits per heavy atom. The quantitative estimate of drug-likeness (QED) is 0.901. The van der Waals surface area contributed by atoms with Crippen molar-refractivity contribution in [1.82, 2.24) is 9.29 Å². The number of sulfonamides is 1. The number of pyridine rings is 1. The molecule has 1 saturated heterocycles. The summed E-state index contributed by atoms with van der Waals surface area (Å²) in [6.07, 6.45) is 4.81. The molecule has 1 aliphatic rings. The van der Waals surface area contributed by atoms with Crippen molar-refractivity contribution in [2.75, 3.05) is 19.6 Å². The van der Waals surface area contributed by atoms with Crippen molar-refractivity contribution in [2.45, 2.75) is 17.7 Å². The molecule has 2 rings (SSSR count). The average molecular weight is 334 g/mol. The number of piperidine rings is 1. The second-order valence-corrected chi connectivity index (χ2v) is 7.30. The standard InChI is InChI=1S/C11H16BrN3O2S/c12-10-4-11(7-14-6-10)18(16,17)15-3-1-2-9(5-13)8-15/h4,6-7,9H,1-3,5,8,13H2. The number of nitrogens with two attached hydrogens (primary N) is 1. The Labute approximate surface area is 116 Å². The fourth-order valence-electron chi connectivity index (χ4n) is 2.12. The first-order valence-electron chi connectivity index (χ1n) is 5.85. The number of rotatable bonds is 3. The van der Waals surface area contributed by atoms with E-state index in [4.69, 9.17) is 5.73 Å². The SMILES string of the molecule is NCC1CCCN(S(=O)(=O)c2cncc(Br)c2)C1. The Morgan fingerprint density at radius 2 is 2.28 bits per heavy atom. The zero-order valence-electron chi connectivity index (χ0n) is 9.92. The lowest BCUT2D eigenvalue weighted by atomic mass is 10.0. The van der Waals surface area contributed by atoms with Crippen molar-refractivity contribution in [3.8, 4) is 0 Å². The molecule has 0 saturated carbocycles. The van der Waals surface area contributed by atoms with E-state index in [9.17, 15) is 8.42 Å². The van der Waals surface area contributed by atoms with Crippen LogP contribution in [0.25, 0.3) is 0 Å². The second kappa shape index (κ2) is 5.64. The maximum Gasteiger partial charge on any atom is 0.244 e. The summed E-state index contributed by atoms with van der Waals surface area (Å²) in [5.74, 6) is 0.258. The fraction of sp³-hybridized carbons (Fsp3) is 0.545. The summed E-state index contributed by atoms with van der Waals surface area (Å²) in [6, 6.07) is 1.58. The molecule has 100 valence electrons. The Hall–Kier alpha value is -0.500. The van der Waals surface area contributed by atoms with Gasteiger partial charge in [-0.05, 0) is 47.3 Å². The molecule has 2 N–H and O–H groups in total. The fourth-order valence-corrected chi connectivity index (χ4v) is 4.18. The molecule has 1 atom stereocenters. The largest absolute Gasteiger partial charge is 0.330 e. The summed E-state index contributed by atoms with van der Waals surface area (Å²) in [7, 11) is -3.44. The first-order chi connectivity index (χ1) is 8.54. The van der Waals surface area contributed by atoms with Crippen LogP contribution in [0.5, 0.6) is 0 Å². The van der Waals surface area contributed by atoms with Gasteiger partial charge in [0, 0.05) is 30.0 Å². The van der Waals surface area contributed by atoms with Crippen LogP contribution in [0.15, 0.2) is 27.8 Å². The van der Waals surface area contributed by atoms with E-state index in [1.807, 2.05) is 0 Å². The van der Waals surface area contributed by atoms with Gasteiger partial charge < -0.3 is 5.73 Å². The van der Waals surface area contributed by atoms with Crippen LogP contribution in [-0.2, 0) is 10.0 Å². The van der Waals surface area contributed by atoms with Gasteiger partial charge in [0.25, 0.3) is 0 Å². The van der Waals surface area contributed by atoms with Gasteiger partial charge >= 0.3 is 0 Å². The molecular weight excluding hydrogens is 318 g/mol. The van der Waals surface area contributed by atoms with Crippen LogP contribution in [0.1, 0.15) is 12.8 Å². The minimum atomic E-state index is -3.44. The minimum absolute atomic E-state index is 0.231.